The van der Waals surface area contributed by atoms with Gasteiger partial charge in [-0.2, -0.15) is 5.26 Å². The quantitative estimate of drug-likeness (QED) is 0.317. The molecule has 0 fully saturated rings. The van der Waals surface area contributed by atoms with E-state index in [1.807, 2.05) is 12.4 Å². The third kappa shape index (κ3) is 7.34. The van der Waals surface area contributed by atoms with E-state index in [1.165, 1.54) is 11.1 Å². The van der Waals surface area contributed by atoms with E-state index in [4.69, 9.17) is 9.97 Å². The van der Waals surface area contributed by atoms with Crippen molar-refractivity contribution in [2.24, 2.45) is 5.41 Å². The zero-order chi connectivity index (χ0) is 32.0. The zero-order valence-corrected chi connectivity index (χ0v) is 28.2. The van der Waals surface area contributed by atoms with Crippen molar-refractivity contribution in [3.8, 4) is 17.3 Å². The maximum atomic E-state index is 10.7. The highest BCUT2D eigenvalue weighted by atomic mass is 14.9. The number of nitrogens with one attached hydrogen (secondary N) is 1. The Bertz CT molecular complexity index is 1660. The van der Waals surface area contributed by atoms with Crippen LogP contribution in [-0.4, -0.2) is 9.97 Å². The molecule has 0 spiro atoms. The van der Waals surface area contributed by atoms with Crippen LogP contribution in [0.1, 0.15) is 111 Å². The molecule has 0 atom stereocenters. The van der Waals surface area contributed by atoms with Gasteiger partial charge in [-0.3, -0.25) is 9.97 Å². The SMILES string of the molecule is CC(C)(C)C1=CC(=C(C#N)c2cc(-c3cc(C(C)(C)C)ccn3)cc(C(C)(C)C)c2)NC(c2cc(C(C)(C)C)ccn2)=C1. The molecule has 3 aromatic rings. The maximum Gasteiger partial charge on any atom is 0.102 e. The highest BCUT2D eigenvalue weighted by molar-refractivity contribution is 5.86. The fraction of sp³-hybridized carbons (Fsp3) is 0.410. The monoisotopic (exact) mass is 572 g/mol. The molecule has 4 nitrogen and oxygen atoms in total. The Morgan fingerprint density at radius 3 is 1.67 bits per heavy atom. The van der Waals surface area contributed by atoms with E-state index in [-0.39, 0.29) is 21.7 Å². The lowest BCUT2D eigenvalue weighted by molar-refractivity contribution is 0.515. The van der Waals surface area contributed by atoms with Crippen molar-refractivity contribution in [2.45, 2.75) is 99.3 Å². The Kier molecular flexibility index (Phi) is 8.37. The summed E-state index contributed by atoms with van der Waals surface area (Å²) in [6, 6.07) is 17.5. The Balaban J connectivity index is 1.94. The summed E-state index contributed by atoms with van der Waals surface area (Å²) in [7, 11) is 0. The highest BCUT2D eigenvalue weighted by Gasteiger charge is 2.25. The van der Waals surface area contributed by atoms with Crippen molar-refractivity contribution in [2.75, 3.05) is 0 Å². The van der Waals surface area contributed by atoms with E-state index >= 15 is 0 Å². The fourth-order valence-electron chi connectivity index (χ4n) is 5.01. The van der Waals surface area contributed by atoms with Gasteiger partial charge in [0.15, 0.2) is 0 Å². The molecule has 1 N–H and O–H groups in total. The van der Waals surface area contributed by atoms with Gasteiger partial charge in [-0.05, 0) is 104 Å². The molecule has 0 unspecified atom stereocenters. The molecule has 1 aromatic carbocycles. The standard InChI is InChI=1S/C39H48N4/c1-36(2,3)27-13-15-41-32(20-27)26-17-25(18-29(19-26)38(7,8)9)31(24-40)33-22-30(39(10,11)12)23-35(43-33)34-21-28(14-16-42-34)37(4,5)6/h13-23,43H,1-12H3. The largest absolute Gasteiger partial charge is 0.353 e. The van der Waals surface area contributed by atoms with Gasteiger partial charge >= 0.3 is 0 Å². The first-order chi connectivity index (χ1) is 19.8. The van der Waals surface area contributed by atoms with Crippen LogP contribution < -0.4 is 5.32 Å². The Hall–Kier alpha value is -3.97. The van der Waals surface area contributed by atoms with Crippen LogP contribution in [0.4, 0.5) is 0 Å². The van der Waals surface area contributed by atoms with E-state index in [1.54, 1.807) is 0 Å². The van der Waals surface area contributed by atoms with Gasteiger partial charge in [0.2, 0.25) is 0 Å². The molecule has 0 saturated heterocycles. The van der Waals surface area contributed by atoms with E-state index in [2.05, 4.69) is 149 Å². The average molecular weight is 573 g/mol. The lowest BCUT2D eigenvalue weighted by Crippen LogP contribution is -2.22. The zero-order valence-electron chi connectivity index (χ0n) is 28.2. The molecule has 43 heavy (non-hydrogen) atoms. The summed E-state index contributed by atoms with van der Waals surface area (Å²) in [5.41, 5.74) is 10.4. The number of nitriles is 1. The second-order valence-corrected chi connectivity index (χ2v) is 15.8. The average Bonchev–Trinajstić information content (AvgIpc) is 2.91. The summed E-state index contributed by atoms with van der Waals surface area (Å²) < 4.78 is 0. The van der Waals surface area contributed by atoms with Gasteiger partial charge in [0.05, 0.1) is 28.4 Å². The van der Waals surface area contributed by atoms with Gasteiger partial charge in [0.25, 0.3) is 0 Å². The minimum atomic E-state index is -0.128. The third-order valence-corrected chi connectivity index (χ3v) is 8.03. The van der Waals surface area contributed by atoms with Crippen LogP contribution in [0, 0.1) is 16.7 Å². The predicted molar refractivity (Wildman–Crippen MR) is 181 cm³/mol. The molecule has 3 heterocycles. The lowest BCUT2D eigenvalue weighted by atomic mass is 9.81. The number of hydrogen-bond acceptors (Lipinski definition) is 4. The van der Waals surface area contributed by atoms with Gasteiger partial charge in [0.1, 0.15) is 6.07 Å². The third-order valence-electron chi connectivity index (χ3n) is 8.03. The molecule has 0 radical (unpaired) electrons. The Labute approximate surface area is 259 Å². The van der Waals surface area contributed by atoms with Crippen molar-refractivity contribution in [3.05, 3.63) is 106 Å². The molecule has 0 amide bonds. The first kappa shape index (κ1) is 32.0. The molecule has 0 aliphatic carbocycles. The van der Waals surface area contributed by atoms with Crippen LogP contribution in [-0.2, 0) is 16.2 Å². The van der Waals surface area contributed by atoms with Gasteiger partial charge in [-0.25, -0.2) is 0 Å². The number of dihydropyridines is 1. The van der Waals surface area contributed by atoms with Crippen LogP contribution in [0.2, 0.25) is 0 Å². The molecule has 0 saturated carbocycles. The van der Waals surface area contributed by atoms with E-state index in [0.29, 0.717) is 5.57 Å². The van der Waals surface area contributed by atoms with E-state index < -0.39 is 0 Å². The van der Waals surface area contributed by atoms with E-state index in [9.17, 15) is 5.26 Å². The molecule has 4 rings (SSSR count). The van der Waals surface area contributed by atoms with Gasteiger partial charge in [-0.1, -0.05) is 83.1 Å². The fourth-order valence-corrected chi connectivity index (χ4v) is 5.01. The summed E-state index contributed by atoms with van der Waals surface area (Å²) in [5.74, 6) is 0. The molecule has 2 aromatic heterocycles. The second kappa shape index (κ2) is 11.3. The molecule has 0 bridgehead atoms. The number of nitrogens with zero attached hydrogens (tertiary/aromatic N) is 3. The normalized spacial score (nSPS) is 15.7. The van der Waals surface area contributed by atoms with Crippen LogP contribution >= 0.6 is 0 Å². The first-order valence-electron chi connectivity index (χ1n) is 15.2. The van der Waals surface area contributed by atoms with Crippen LogP contribution in [0.15, 0.2) is 78.3 Å². The minimum absolute atomic E-state index is 0.00316. The molecule has 1 aliphatic rings. The number of hydrogen-bond donors (Lipinski definition) is 1. The maximum absolute atomic E-state index is 10.7. The van der Waals surface area contributed by atoms with Crippen molar-refractivity contribution in [1.29, 1.82) is 5.26 Å². The van der Waals surface area contributed by atoms with Crippen molar-refractivity contribution in [3.63, 3.8) is 0 Å². The van der Waals surface area contributed by atoms with Crippen molar-refractivity contribution >= 4 is 11.3 Å². The number of pyridine rings is 2. The van der Waals surface area contributed by atoms with Crippen LogP contribution in [0.5, 0.6) is 0 Å². The summed E-state index contributed by atoms with van der Waals surface area (Å²) in [6.07, 6.45) is 8.06. The molecular formula is C39H48N4. The van der Waals surface area contributed by atoms with Gasteiger partial charge in [-0.15, -0.1) is 0 Å². The molecule has 224 valence electrons. The molecular weight excluding hydrogens is 524 g/mol. The summed E-state index contributed by atoms with van der Waals surface area (Å²) in [4.78, 5) is 9.51. The topological polar surface area (TPSA) is 61.6 Å². The number of allylic oxidation sites excluding steroid dienone is 4. The summed E-state index contributed by atoms with van der Waals surface area (Å²) >= 11 is 0. The molecule has 4 heteroatoms. The Morgan fingerprint density at radius 1 is 0.628 bits per heavy atom. The number of benzene rings is 1. The van der Waals surface area contributed by atoms with Gasteiger partial charge < -0.3 is 5.32 Å². The van der Waals surface area contributed by atoms with Crippen molar-refractivity contribution in [1.82, 2.24) is 15.3 Å². The number of aromatic nitrogens is 2. The Morgan fingerprint density at radius 2 is 1.16 bits per heavy atom. The smallest absolute Gasteiger partial charge is 0.102 e. The second-order valence-electron chi connectivity index (χ2n) is 15.8. The predicted octanol–water partition coefficient (Wildman–Crippen LogP) is 9.89. The first-order valence-corrected chi connectivity index (χ1v) is 15.2. The summed E-state index contributed by atoms with van der Waals surface area (Å²) in [6.45, 7) is 26.5. The number of rotatable bonds is 3. The highest BCUT2D eigenvalue weighted by Crippen LogP contribution is 2.37. The van der Waals surface area contributed by atoms with E-state index in [0.717, 1.165) is 45.0 Å². The minimum Gasteiger partial charge on any atom is -0.353 e. The summed E-state index contributed by atoms with van der Waals surface area (Å²) in [5, 5.41) is 14.3. The van der Waals surface area contributed by atoms with Crippen LogP contribution in [0.25, 0.3) is 22.5 Å². The lowest BCUT2D eigenvalue weighted by Gasteiger charge is -2.28. The van der Waals surface area contributed by atoms with Crippen molar-refractivity contribution < 1.29 is 0 Å². The van der Waals surface area contributed by atoms with Crippen LogP contribution in [0.3, 0.4) is 0 Å². The molecule has 1 aliphatic heterocycles. The van der Waals surface area contributed by atoms with Gasteiger partial charge in [0, 0.05) is 18.0 Å².